The van der Waals surface area contributed by atoms with Gasteiger partial charge < -0.3 is 19.5 Å². The Labute approximate surface area is 135 Å². The van der Waals surface area contributed by atoms with Crippen molar-refractivity contribution in [2.45, 2.75) is 25.8 Å². The summed E-state index contributed by atoms with van der Waals surface area (Å²) in [6.45, 7) is 3.52. The Balaban J connectivity index is 1.64. The molecule has 1 atom stereocenters. The number of benzene rings is 1. The van der Waals surface area contributed by atoms with Gasteiger partial charge in [-0.2, -0.15) is 0 Å². The van der Waals surface area contributed by atoms with E-state index in [2.05, 4.69) is 21.4 Å². The van der Waals surface area contributed by atoms with Crippen molar-refractivity contribution in [3.8, 4) is 5.75 Å². The van der Waals surface area contributed by atoms with E-state index in [1.165, 1.54) is 0 Å². The molecule has 0 saturated carbocycles. The van der Waals surface area contributed by atoms with E-state index in [1.54, 1.807) is 20.1 Å². The fourth-order valence-electron chi connectivity index (χ4n) is 2.87. The molecule has 1 saturated heterocycles. The molecule has 0 unspecified atom stereocenters. The van der Waals surface area contributed by atoms with Crippen molar-refractivity contribution in [1.82, 2.24) is 10.5 Å². The van der Waals surface area contributed by atoms with Gasteiger partial charge in [-0.1, -0.05) is 11.2 Å². The summed E-state index contributed by atoms with van der Waals surface area (Å²) >= 11 is 0. The number of nitrogens with zero attached hydrogens (tertiary/aromatic N) is 2. The SMILES string of the molecule is COc1cccc(N2CCC[C@@H](NC(=O)c3cc(C)on3)C2)c1. The van der Waals surface area contributed by atoms with Gasteiger partial charge in [0.1, 0.15) is 11.5 Å². The highest BCUT2D eigenvalue weighted by Crippen LogP contribution is 2.24. The van der Waals surface area contributed by atoms with Crippen molar-refractivity contribution >= 4 is 11.6 Å². The third-order valence-electron chi connectivity index (χ3n) is 4.04. The normalized spacial score (nSPS) is 17.8. The molecule has 2 heterocycles. The first-order valence-electron chi connectivity index (χ1n) is 7.79. The topological polar surface area (TPSA) is 67.6 Å². The molecule has 6 heteroatoms. The number of amides is 1. The third-order valence-corrected chi connectivity index (χ3v) is 4.04. The molecule has 6 nitrogen and oxygen atoms in total. The number of hydrogen-bond acceptors (Lipinski definition) is 5. The second kappa shape index (κ2) is 6.73. The minimum atomic E-state index is -0.181. The molecule has 3 rings (SSSR count). The Morgan fingerprint density at radius 3 is 3.04 bits per heavy atom. The van der Waals surface area contributed by atoms with E-state index in [9.17, 15) is 4.79 Å². The lowest BCUT2D eigenvalue weighted by Gasteiger charge is -2.34. The Morgan fingerprint density at radius 2 is 2.30 bits per heavy atom. The lowest BCUT2D eigenvalue weighted by molar-refractivity contribution is 0.0924. The van der Waals surface area contributed by atoms with Crippen LogP contribution in [-0.4, -0.2) is 37.3 Å². The van der Waals surface area contributed by atoms with Crippen LogP contribution in [0.15, 0.2) is 34.9 Å². The van der Waals surface area contributed by atoms with Crippen LogP contribution in [0, 0.1) is 6.92 Å². The van der Waals surface area contributed by atoms with Crippen molar-refractivity contribution in [2.75, 3.05) is 25.1 Å². The zero-order valence-electron chi connectivity index (χ0n) is 13.4. The van der Waals surface area contributed by atoms with Crippen LogP contribution in [0.3, 0.4) is 0 Å². The summed E-state index contributed by atoms with van der Waals surface area (Å²) in [7, 11) is 1.66. The summed E-state index contributed by atoms with van der Waals surface area (Å²) < 4.78 is 10.2. The van der Waals surface area contributed by atoms with E-state index in [0.29, 0.717) is 11.5 Å². The molecule has 0 bridgehead atoms. The number of aromatic nitrogens is 1. The van der Waals surface area contributed by atoms with Gasteiger partial charge in [0.2, 0.25) is 0 Å². The standard InChI is InChI=1S/C17H21N3O3/c1-12-9-16(19-23-12)17(21)18-13-5-4-8-20(11-13)14-6-3-7-15(10-14)22-2/h3,6-7,9-10,13H,4-5,8,11H2,1-2H3,(H,18,21)/t13-/m1/s1. The van der Waals surface area contributed by atoms with Crippen LogP contribution in [0.1, 0.15) is 29.1 Å². The molecule has 1 aliphatic heterocycles. The van der Waals surface area contributed by atoms with Crippen LogP contribution >= 0.6 is 0 Å². The minimum Gasteiger partial charge on any atom is -0.497 e. The molecule has 0 radical (unpaired) electrons. The maximum absolute atomic E-state index is 12.2. The molecule has 1 aromatic carbocycles. The Kier molecular flexibility index (Phi) is 4.50. The molecule has 1 aliphatic rings. The van der Waals surface area contributed by atoms with Gasteiger partial charge in [-0.15, -0.1) is 0 Å². The summed E-state index contributed by atoms with van der Waals surface area (Å²) in [5, 5.41) is 6.81. The fraction of sp³-hybridized carbons (Fsp3) is 0.412. The average Bonchev–Trinajstić information content (AvgIpc) is 3.02. The van der Waals surface area contributed by atoms with Crippen LogP contribution in [0.5, 0.6) is 5.75 Å². The van der Waals surface area contributed by atoms with Gasteiger partial charge in [-0.25, -0.2) is 0 Å². The van der Waals surface area contributed by atoms with Gasteiger partial charge in [0.15, 0.2) is 5.69 Å². The lowest BCUT2D eigenvalue weighted by atomic mass is 10.0. The summed E-state index contributed by atoms with van der Waals surface area (Å²) in [5.41, 5.74) is 1.45. The average molecular weight is 315 g/mol. The van der Waals surface area contributed by atoms with Gasteiger partial charge >= 0.3 is 0 Å². The Hall–Kier alpha value is -2.50. The van der Waals surface area contributed by atoms with Gasteiger partial charge in [0, 0.05) is 37.0 Å². The highest BCUT2D eigenvalue weighted by atomic mass is 16.5. The predicted octanol–water partition coefficient (Wildman–Crippen LogP) is 2.39. The van der Waals surface area contributed by atoms with Crippen molar-refractivity contribution in [1.29, 1.82) is 0 Å². The van der Waals surface area contributed by atoms with Crippen LogP contribution < -0.4 is 15.0 Å². The molecule has 23 heavy (non-hydrogen) atoms. The number of nitrogens with one attached hydrogen (secondary N) is 1. The monoisotopic (exact) mass is 315 g/mol. The van der Waals surface area contributed by atoms with Crippen molar-refractivity contribution in [2.24, 2.45) is 0 Å². The van der Waals surface area contributed by atoms with Gasteiger partial charge in [-0.05, 0) is 31.9 Å². The second-order valence-electron chi connectivity index (χ2n) is 5.78. The van der Waals surface area contributed by atoms with Gasteiger partial charge in [-0.3, -0.25) is 4.79 Å². The zero-order chi connectivity index (χ0) is 16.2. The maximum atomic E-state index is 12.2. The Bertz CT molecular complexity index is 683. The highest BCUT2D eigenvalue weighted by Gasteiger charge is 2.23. The van der Waals surface area contributed by atoms with E-state index >= 15 is 0 Å². The number of piperidine rings is 1. The van der Waals surface area contributed by atoms with Crippen molar-refractivity contribution in [3.05, 3.63) is 41.8 Å². The number of ether oxygens (including phenoxy) is 1. The van der Waals surface area contributed by atoms with Crippen molar-refractivity contribution < 1.29 is 14.1 Å². The first kappa shape index (κ1) is 15.4. The summed E-state index contributed by atoms with van der Waals surface area (Å²) in [6.07, 6.45) is 1.99. The number of rotatable bonds is 4. The Morgan fingerprint density at radius 1 is 1.43 bits per heavy atom. The van der Waals surface area contributed by atoms with E-state index in [0.717, 1.165) is 37.4 Å². The van der Waals surface area contributed by atoms with E-state index in [1.807, 2.05) is 18.2 Å². The predicted molar refractivity (Wildman–Crippen MR) is 86.9 cm³/mol. The minimum absolute atomic E-state index is 0.0967. The largest absolute Gasteiger partial charge is 0.497 e. The zero-order valence-corrected chi connectivity index (χ0v) is 13.4. The van der Waals surface area contributed by atoms with Crippen LogP contribution in [0.2, 0.25) is 0 Å². The molecule has 0 spiro atoms. The quantitative estimate of drug-likeness (QED) is 0.938. The molecule has 1 amide bonds. The van der Waals surface area contributed by atoms with E-state index in [-0.39, 0.29) is 11.9 Å². The molecule has 1 aromatic heterocycles. The number of carbonyl (C=O) groups excluding carboxylic acids is 1. The van der Waals surface area contributed by atoms with Crippen molar-refractivity contribution in [3.63, 3.8) is 0 Å². The fourth-order valence-corrected chi connectivity index (χ4v) is 2.87. The summed E-state index contributed by atoms with van der Waals surface area (Å²) in [4.78, 5) is 14.5. The maximum Gasteiger partial charge on any atom is 0.273 e. The molecule has 2 aromatic rings. The van der Waals surface area contributed by atoms with E-state index in [4.69, 9.17) is 9.26 Å². The molecule has 0 aliphatic carbocycles. The van der Waals surface area contributed by atoms with Gasteiger partial charge in [0.05, 0.1) is 7.11 Å². The van der Waals surface area contributed by atoms with Crippen LogP contribution in [0.25, 0.3) is 0 Å². The lowest BCUT2D eigenvalue weighted by Crippen LogP contribution is -2.47. The first-order valence-corrected chi connectivity index (χ1v) is 7.79. The summed E-state index contributed by atoms with van der Waals surface area (Å²) in [5.74, 6) is 1.29. The molecule has 1 fully saturated rings. The smallest absolute Gasteiger partial charge is 0.273 e. The van der Waals surface area contributed by atoms with Crippen LogP contribution in [0.4, 0.5) is 5.69 Å². The number of carbonyl (C=O) groups is 1. The number of methoxy groups -OCH3 is 1. The number of anilines is 1. The molecular weight excluding hydrogens is 294 g/mol. The third kappa shape index (κ3) is 3.64. The molecule has 122 valence electrons. The van der Waals surface area contributed by atoms with Crippen LogP contribution in [-0.2, 0) is 0 Å². The second-order valence-corrected chi connectivity index (χ2v) is 5.78. The molecule has 1 N–H and O–H groups in total. The molecular formula is C17H21N3O3. The number of aryl methyl sites for hydroxylation is 1. The first-order chi connectivity index (χ1) is 11.2. The highest BCUT2D eigenvalue weighted by molar-refractivity contribution is 5.92. The number of hydrogen-bond donors (Lipinski definition) is 1. The van der Waals surface area contributed by atoms with Gasteiger partial charge in [0.25, 0.3) is 5.91 Å². The van der Waals surface area contributed by atoms with E-state index < -0.39 is 0 Å². The summed E-state index contributed by atoms with van der Waals surface area (Å²) in [6, 6.07) is 9.74.